The van der Waals surface area contributed by atoms with Gasteiger partial charge in [0.05, 0.1) is 0 Å². The van der Waals surface area contributed by atoms with Crippen LogP contribution < -0.4 is 0 Å². The maximum Gasteiger partial charge on any atom is 0.195 e. The Morgan fingerprint density at radius 1 is 1.45 bits per heavy atom. The van der Waals surface area contributed by atoms with Gasteiger partial charge >= 0.3 is 0 Å². The van der Waals surface area contributed by atoms with Gasteiger partial charge in [0.25, 0.3) is 0 Å². The lowest BCUT2D eigenvalue weighted by atomic mass is 10.1. The first-order valence-corrected chi connectivity index (χ1v) is 7.69. The normalized spacial score (nSPS) is 12.4. The van der Waals surface area contributed by atoms with Gasteiger partial charge in [-0.25, -0.2) is 0 Å². The standard InChI is InChI=1S/C14H14N4S2/c1-10(7-11-4-6-20-9-11)18-13(16-17-14(18)19)12-3-2-5-15-8-12/h2-6,8-10H,7H2,1H3,(H,17,19). The number of H-pyrrole nitrogens is 1. The molecular formula is C14H14N4S2. The molecule has 4 nitrogen and oxygen atoms in total. The Morgan fingerprint density at radius 3 is 3.05 bits per heavy atom. The van der Waals surface area contributed by atoms with Gasteiger partial charge in [-0.05, 0) is 60.1 Å². The Bertz CT molecular complexity index is 728. The topological polar surface area (TPSA) is 46.5 Å². The molecule has 0 spiro atoms. The van der Waals surface area contributed by atoms with E-state index in [1.54, 1.807) is 23.7 Å². The number of nitrogens with zero attached hydrogens (tertiary/aromatic N) is 3. The number of pyridine rings is 1. The van der Waals surface area contributed by atoms with Gasteiger partial charge in [0.15, 0.2) is 10.6 Å². The van der Waals surface area contributed by atoms with Crippen LogP contribution in [0.5, 0.6) is 0 Å². The van der Waals surface area contributed by atoms with Crippen LogP contribution >= 0.6 is 23.6 Å². The zero-order chi connectivity index (χ0) is 13.9. The Hall–Kier alpha value is -1.79. The van der Waals surface area contributed by atoms with Crippen molar-refractivity contribution in [1.82, 2.24) is 19.7 Å². The fourth-order valence-corrected chi connectivity index (χ4v) is 3.25. The van der Waals surface area contributed by atoms with Crippen molar-refractivity contribution in [2.45, 2.75) is 19.4 Å². The van der Waals surface area contributed by atoms with E-state index in [0.29, 0.717) is 4.77 Å². The van der Waals surface area contributed by atoms with Gasteiger partial charge in [-0.2, -0.15) is 16.4 Å². The van der Waals surface area contributed by atoms with Crippen LogP contribution in [0.3, 0.4) is 0 Å². The molecule has 0 radical (unpaired) electrons. The SMILES string of the molecule is CC(Cc1ccsc1)n1c(-c2cccnc2)n[nH]c1=S. The van der Waals surface area contributed by atoms with Crippen molar-refractivity contribution in [1.29, 1.82) is 0 Å². The van der Waals surface area contributed by atoms with E-state index in [2.05, 4.69) is 43.5 Å². The van der Waals surface area contributed by atoms with Crippen LogP contribution in [0.15, 0.2) is 41.4 Å². The molecule has 1 atom stereocenters. The first kappa shape index (κ1) is 13.2. The summed E-state index contributed by atoms with van der Waals surface area (Å²) in [6, 6.07) is 6.28. The quantitative estimate of drug-likeness (QED) is 0.744. The Kier molecular flexibility index (Phi) is 3.75. The van der Waals surface area contributed by atoms with E-state index in [1.165, 1.54) is 5.56 Å². The molecule has 0 aromatic carbocycles. The van der Waals surface area contributed by atoms with E-state index < -0.39 is 0 Å². The van der Waals surface area contributed by atoms with E-state index in [1.807, 2.05) is 12.1 Å². The van der Waals surface area contributed by atoms with Crippen molar-refractivity contribution < 1.29 is 0 Å². The summed E-state index contributed by atoms with van der Waals surface area (Å²) in [6.07, 6.45) is 4.49. The van der Waals surface area contributed by atoms with E-state index in [-0.39, 0.29) is 6.04 Å². The highest BCUT2D eigenvalue weighted by molar-refractivity contribution is 7.71. The third-order valence-electron chi connectivity index (χ3n) is 3.18. The summed E-state index contributed by atoms with van der Waals surface area (Å²) >= 11 is 7.09. The Labute approximate surface area is 126 Å². The van der Waals surface area contributed by atoms with Crippen LogP contribution in [0.4, 0.5) is 0 Å². The van der Waals surface area contributed by atoms with Crippen molar-refractivity contribution in [2.75, 3.05) is 0 Å². The summed E-state index contributed by atoms with van der Waals surface area (Å²) < 4.78 is 2.70. The minimum Gasteiger partial charge on any atom is -0.297 e. The molecule has 1 N–H and O–H groups in total. The summed E-state index contributed by atoms with van der Waals surface area (Å²) in [5.74, 6) is 0.839. The van der Waals surface area contributed by atoms with Gasteiger partial charge in [0, 0.05) is 24.0 Å². The number of hydrogen-bond donors (Lipinski definition) is 1. The Balaban J connectivity index is 1.97. The summed E-state index contributed by atoms with van der Waals surface area (Å²) in [4.78, 5) is 4.15. The van der Waals surface area contributed by atoms with Gasteiger partial charge in [-0.15, -0.1) is 0 Å². The predicted molar refractivity (Wildman–Crippen MR) is 83.4 cm³/mol. The van der Waals surface area contributed by atoms with Crippen molar-refractivity contribution >= 4 is 23.6 Å². The zero-order valence-corrected chi connectivity index (χ0v) is 12.6. The molecule has 0 bridgehead atoms. The molecule has 3 aromatic heterocycles. The lowest BCUT2D eigenvalue weighted by Crippen LogP contribution is -2.10. The Morgan fingerprint density at radius 2 is 2.35 bits per heavy atom. The molecule has 3 heterocycles. The highest BCUT2D eigenvalue weighted by Crippen LogP contribution is 2.23. The van der Waals surface area contributed by atoms with E-state index in [9.17, 15) is 0 Å². The number of rotatable bonds is 4. The monoisotopic (exact) mass is 302 g/mol. The van der Waals surface area contributed by atoms with E-state index in [4.69, 9.17) is 12.2 Å². The second-order valence-electron chi connectivity index (χ2n) is 4.65. The minimum absolute atomic E-state index is 0.242. The number of hydrogen-bond acceptors (Lipinski definition) is 4. The third-order valence-corrected chi connectivity index (χ3v) is 4.20. The van der Waals surface area contributed by atoms with Crippen LogP contribution in [0, 0.1) is 4.77 Å². The van der Waals surface area contributed by atoms with Crippen LogP contribution in [0.25, 0.3) is 11.4 Å². The zero-order valence-electron chi connectivity index (χ0n) is 11.0. The van der Waals surface area contributed by atoms with Crippen LogP contribution in [0.2, 0.25) is 0 Å². The summed E-state index contributed by atoms with van der Waals surface area (Å²) in [5, 5.41) is 11.5. The molecule has 0 saturated heterocycles. The second-order valence-corrected chi connectivity index (χ2v) is 5.82. The molecule has 0 saturated carbocycles. The van der Waals surface area contributed by atoms with Gasteiger partial charge in [-0.1, -0.05) is 0 Å². The summed E-state index contributed by atoms with van der Waals surface area (Å²) in [7, 11) is 0. The average molecular weight is 302 g/mol. The number of aromatic nitrogens is 4. The minimum atomic E-state index is 0.242. The highest BCUT2D eigenvalue weighted by Gasteiger charge is 2.15. The molecule has 0 aliphatic carbocycles. The number of thiophene rings is 1. The van der Waals surface area contributed by atoms with Crippen molar-refractivity contribution in [3.05, 3.63) is 51.7 Å². The lowest BCUT2D eigenvalue weighted by molar-refractivity contribution is 0.543. The molecule has 0 amide bonds. The molecule has 3 aromatic rings. The largest absolute Gasteiger partial charge is 0.297 e. The van der Waals surface area contributed by atoms with Crippen molar-refractivity contribution in [3.63, 3.8) is 0 Å². The fourth-order valence-electron chi connectivity index (χ4n) is 2.25. The van der Waals surface area contributed by atoms with Crippen LogP contribution in [-0.4, -0.2) is 19.7 Å². The molecule has 102 valence electrons. The van der Waals surface area contributed by atoms with Crippen LogP contribution in [0.1, 0.15) is 18.5 Å². The predicted octanol–water partition coefficient (Wildman–Crippen LogP) is 3.87. The lowest BCUT2D eigenvalue weighted by Gasteiger charge is -2.14. The van der Waals surface area contributed by atoms with Crippen molar-refractivity contribution in [3.8, 4) is 11.4 Å². The van der Waals surface area contributed by atoms with E-state index >= 15 is 0 Å². The smallest absolute Gasteiger partial charge is 0.195 e. The third kappa shape index (κ3) is 2.57. The highest BCUT2D eigenvalue weighted by atomic mass is 32.1. The van der Waals surface area contributed by atoms with Gasteiger partial charge < -0.3 is 0 Å². The molecule has 3 rings (SSSR count). The van der Waals surface area contributed by atoms with Crippen LogP contribution in [-0.2, 0) is 6.42 Å². The maximum absolute atomic E-state index is 5.37. The summed E-state index contributed by atoms with van der Waals surface area (Å²) in [6.45, 7) is 2.16. The van der Waals surface area contributed by atoms with Gasteiger partial charge in [-0.3, -0.25) is 14.6 Å². The molecule has 0 aliphatic rings. The number of aromatic amines is 1. The molecule has 20 heavy (non-hydrogen) atoms. The molecular weight excluding hydrogens is 288 g/mol. The number of nitrogens with one attached hydrogen (secondary N) is 1. The van der Waals surface area contributed by atoms with E-state index in [0.717, 1.165) is 17.8 Å². The fraction of sp³-hybridized carbons (Fsp3) is 0.214. The molecule has 1 unspecified atom stereocenters. The van der Waals surface area contributed by atoms with Gasteiger partial charge in [0.2, 0.25) is 0 Å². The average Bonchev–Trinajstić information content (AvgIpc) is 3.09. The maximum atomic E-state index is 5.37. The molecule has 0 aliphatic heterocycles. The summed E-state index contributed by atoms with van der Waals surface area (Å²) in [5.41, 5.74) is 2.29. The molecule has 6 heteroatoms. The van der Waals surface area contributed by atoms with Gasteiger partial charge in [0.1, 0.15) is 0 Å². The first-order valence-electron chi connectivity index (χ1n) is 6.34. The first-order chi connectivity index (χ1) is 9.75. The molecule has 0 fully saturated rings. The van der Waals surface area contributed by atoms with Crippen molar-refractivity contribution in [2.24, 2.45) is 0 Å². The second kappa shape index (κ2) is 5.68.